The average Bonchev–Trinajstić information content (AvgIpc) is 2.89. The topological polar surface area (TPSA) is 52.6 Å². The lowest BCUT2D eigenvalue weighted by atomic mass is 10.0. The van der Waals surface area contributed by atoms with Gasteiger partial charge in [-0.2, -0.15) is 0 Å². The molecule has 1 saturated carbocycles. The maximum atomic E-state index is 11.6. The summed E-state index contributed by atoms with van der Waals surface area (Å²) in [5.41, 5.74) is 1.03. The Morgan fingerprint density at radius 3 is 2.69 bits per heavy atom. The number of nitrogens with one attached hydrogen (secondary N) is 1. The molecule has 0 unspecified atom stereocenters. The molecular weight excluding hydrogens is 204 g/mol. The summed E-state index contributed by atoms with van der Waals surface area (Å²) in [6.45, 7) is 1.34. The Kier molecular flexibility index (Phi) is 1.94. The number of hydrogen-bond acceptors (Lipinski definition) is 2. The minimum absolute atomic E-state index is 0.0725. The summed E-state index contributed by atoms with van der Waals surface area (Å²) < 4.78 is 0. The second-order valence-electron chi connectivity index (χ2n) is 4.43. The summed E-state index contributed by atoms with van der Waals surface area (Å²) in [5, 5.41) is 12.9. The zero-order valence-corrected chi connectivity index (χ0v) is 8.94. The Balaban J connectivity index is 2.03. The lowest BCUT2D eigenvalue weighted by molar-refractivity contribution is 0.152. The molecule has 2 N–H and O–H groups in total. The molecule has 2 fully saturated rings. The van der Waals surface area contributed by atoms with Gasteiger partial charge in [0.2, 0.25) is 0 Å². The molecule has 4 nitrogen and oxygen atoms in total. The van der Waals surface area contributed by atoms with Gasteiger partial charge in [-0.15, -0.1) is 0 Å². The predicted molar refractivity (Wildman–Crippen MR) is 60.3 cm³/mol. The van der Waals surface area contributed by atoms with E-state index in [1.807, 2.05) is 24.3 Å². The van der Waals surface area contributed by atoms with Gasteiger partial charge in [-0.1, -0.05) is 18.2 Å². The van der Waals surface area contributed by atoms with Crippen molar-refractivity contribution < 1.29 is 9.90 Å². The Labute approximate surface area is 93.9 Å². The number of para-hydroxylation sites is 1. The van der Waals surface area contributed by atoms with E-state index in [9.17, 15) is 9.90 Å². The molecule has 1 aliphatic heterocycles. The van der Waals surface area contributed by atoms with E-state index in [0.717, 1.165) is 24.1 Å². The predicted octanol–water partition coefficient (Wildman–Crippen LogP) is 1.20. The van der Waals surface area contributed by atoms with Crippen LogP contribution < -0.4 is 10.2 Å². The summed E-state index contributed by atoms with van der Waals surface area (Å²) in [4.78, 5) is 13.3. The number of aliphatic hydroxyl groups is 1. The van der Waals surface area contributed by atoms with Gasteiger partial charge in [-0.3, -0.25) is 4.90 Å². The van der Waals surface area contributed by atoms with E-state index in [1.165, 1.54) is 0 Å². The zero-order valence-electron chi connectivity index (χ0n) is 8.94. The van der Waals surface area contributed by atoms with Crippen LogP contribution in [0.5, 0.6) is 0 Å². The van der Waals surface area contributed by atoms with Gasteiger partial charge >= 0.3 is 6.03 Å². The molecule has 2 aliphatic rings. The van der Waals surface area contributed by atoms with Crippen molar-refractivity contribution in [1.82, 2.24) is 5.32 Å². The number of carbonyl (C=O) groups is 1. The number of anilines is 1. The van der Waals surface area contributed by atoms with E-state index in [4.69, 9.17) is 0 Å². The monoisotopic (exact) mass is 218 g/mol. The first-order chi connectivity index (χ1) is 7.71. The number of carbonyl (C=O) groups excluding carboxylic acids is 1. The molecule has 0 radical (unpaired) electrons. The van der Waals surface area contributed by atoms with Crippen LogP contribution in [0.25, 0.3) is 0 Å². The molecule has 1 aromatic rings. The van der Waals surface area contributed by atoms with Crippen LogP contribution in [0.4, 0.5) is 10.5 Å². The highest BCUT2D eigenvalue weighted by atomic mass is 16.3. The zero-order chi connectivity index (χ0) is 11.2. The van der Waals surface area contributed by atoms with E-state index >= 15 is 0 Å². The Morgan fingerprint density at radius 1 is 1.31 bits per heavy atom. The van der Waals surface area contributed by atoms with Gasteiger partial charge in [0, 0.05) is 18.7 Å². The van der Waals surface area contributed by atoms with Crippen LogP contribution in [0, 0.1) is 0 Å². The summed E-state index contributed by atoms with van der Waals surface area (Å²) in [6.07, 6.45) is 1.58. The number of rotatable bonds is 2. The Morgan fingerprint density at radius 2 is 2.06 bits per heavy atom. The van der Waals surface area contributed by atoms with E-state index in [2.05, 4.69) is 5.32 Å². The minimum Gasteiger partial charge on any atom is -0.385 e. The molecule has 1 aliphatic carbocycles. The van der Waals surface area contributed by atoms with Gasteiger partial charge in [0.15, 0.2) is 0 Å². The first-order valence-corrected chi connectivity index (χ1v) is 5.58. The molecule has 1 saturated heterocycles. The number of hydrogen-bond donors (Lipinski definition) is 2. The first-order valence-electron chi connectivity index (χ1n) is 5.58. The lowest BCUT2D eigenvalue weighted by Crippen LogP contribution is -2.29. The van der Waals surface area contributed by atoms with Crippen LogP contribution in [-0.4, -0.2) is 24.2 Å². The second kappa shape index (κ2) is 3.22. The maximum absolute atomic E-state index is 11.6. The second-order valence-corrected chi connectivity index (χ2v) is 4.43. The average molecular weight is 218 g/mol. The van der Waals surface area contributed by atoms with Gasteiger partial charge in [-0.05, 0) is 18.9 Å². The fraction of sp³-hybridized carbons (Fsp3) is 0.417. The molecule has 0 bridgehead atoms. The summed E-state index contributed by atoms with van der Waals surface area (Å²) in [7, 11) is 0. The number of urea groups is 1. The third kappa shape index (κ3) is 1.38. The largest absolute Gasteiger partial charge is 0.385 e. The molecular formula is C12H14N2O2. The SMILES string of the molecule is O=C1NCCN1c1ccccc1C1(O)CC1. The Bertz CT molecular complexity index is 440. The molecule has 1 heterocycles. The molecule has 2 amide bonds. The number of amides is 2. The number of nitrogens with zero attached hydrogens (tertiary/aromatic N) is 1. The molecule has 16 heavy (non-hydrogen) atoms. The standard InChI is InChI=1S/C12H14N2O2/c15-11-13-7-8-14(11)10-4-2-1-3-9(10)12(16)5-6-12/h1-4,16H,5-8H2,(H,13,15). The fourth-order valence-electron chi connectivity index (χ4n) is 2.19. The molecule has 4 heteroatoms. The van der Waals surface area contributed by atoms with E-state index in [-0.39, 0.29) is 6.03 Å². The lowest BCUT2D eigenvalue weighted by Gasteiger charge is -2.21. The highest BCUT2D eigenvalue weighted by Gasteiger charge is 2.44. The smallest absolute Gasteiger partial charge is 0.322 e. The van der Waals surface area contributed by atoms with Crippen molar-refractivity contribution in [2.75, 3.05) is 18.0 Å². The van der Waals surface area contributed by atoms with Crippen molar-refractivity contribution in [2.24, 2.45) is 0 Å². The van der Waals surface area contributed by atoms with Gasteiger partial charge in [0.1, 0.15) is 0 Å². The van der Waals surface area contributed by atoms with Crippen molar-refractivity contribution in [1.29, 1.82) is 0 Å². The van der Waals surface area contributed by atoms with Crippen LogP contribution in [0.3, 0.4) is 0 Å². The maximum Gasteiger partial charge on any atom is 0.322 e. The molecule has 0 atom stereocenters. The van der Waals surface area contributed by atoms with Gasteiger partial charge in [0.25, 0.3) is 0 Å². The first kappa shape index (κ1) is 9.66. The van der Waals surface area contributed by atoms with Crippen LogP contribution >= 0.6 is 0 Å². The summed E-state index contributed by atoms with van der Waals surface area (Å²) >= 11 is 0. The molecule has 0 spiro atoms. The van der Waals surface area contributed by atoms with Gasteiger partial charge in [-0.25, -0.2) is 4.79 Å². The van der Waals surface area contributed by atoms with Crippen molar-refractivity contribution in [2.45, 2.75) is 18.4 Å². The van der Waals surface area contributed by atoms with Crippen LogP contribution in [0.2, 0.25) is 0 Å². The van der Waals surface area contributed by atoms with Crippen molar-refractivity contribution in [3.05, 3.63) is 29.8 Å². The third-order valence-corrected chi connectivity index (χ3v) is 3.28. The number of benzene rings is 1. The van der Waals surface area contributed by atoms with Crippen LogP contribution in [-0.2, 0) is 5.60 Å². The van der Waals surface area contributed by atoms with E-state index in [1.54, 1.807) is 4.90 Å². The van der Waals surface area contributed by atoms with Crippen molar-refractivity contribution >= 4 is 11.7 Å². The van der Waals surface area contributed by atoms with Crippen LogP contribution in [0.15, 0.2) is 24.3 Å². The minimum atomic E-state index is -0.695. The van der Waals surface area contributed by atoms with E-state index in [0.29, 0.717) is 13.1 Å². The molecule has 1 aromatic carbocycles. The third-order valence-electron chi connectivity index (χ3n) is 3.28. The van der Waals surface area contributed by atoms with E-state index < -0.39 is 5.60 Å². The normalized spacial score (nSPS) is 22.1. The molecule has 84 valence electrons. The summed E-state index contributed by atoms with van der Waals surface area (Å²) in [5.74, 6) is 0. The molecule has 0 aromatic heterocycles. The van der Waals surface area contributed by atoms with Crippen LogP contribution in [0.1, 0.15) is 18.4 Å². The highest BCUT2D eigenvalue weighted by molar-refractivity contribution is 5.95. The van der Waals surface area contributed by atoms with Gasteiger partial charge in [0.05, 0.1) is 11.3 Å². The van der Waals surface area contributed by atoms with Crippen molar-refractivity contribution in [3.8, 4) is 0 Å². The highest BCUT2D eigenvalue weighted by Crippen LogP contribution is 2.48. The van der Waals surface area contributed by atoms with Gasteiger partial charge < -0.3 is 10.4 Å². The van der Waals surface area contributed by atoms with Crippen molar-refractivity contribution in [3.63, 3.8) is 0 Å². The fourth-order valence-corrected chi connectivity index (χ4v) is 2.19. The Hall–Kier alpha value is -1.55. The quantitative estimate of drug-likeness (QED) is 0.783. The summed E-state index contributed by atoms with van der Waals surface area (Å²) in [6, 6.07) is 7.54. The molecule has 3 rings (SSSR count).